The molecule has 0 unspecified atom stereocenters. The van der Waals surface area contributed by atoms with Crippen molar-refractivity contribution < 1.29 is 28.5 Å². The molecule has 132 valence electrons. The van der Waals surface area contributed by atoms with Crippen LogP contribution in [0.2, 0.25) is 0 Å². The second kappa shape index (κ2) is 8.54. The standard InChI is InChI=1S/C17H23NO6/c1-12-8-18(9-13(2)24-12)16(19)10-23-17(20)11-22-15-6-4-14(21-3)5-7-15/h4-7,12-13H,8-11H2,1-3H3/t12-,13+. The molecule has 0 bridgehead atoms. The first kappa shape index (κ1) is 18.1. The van der Waals surface area contributed by atoms with Crippen molar-refractivity contribution in [1.82, 2.24) is 4.90 Å². The number of methoxy groups -OCH3 is 1. The summed E-state index contributed by atoms with van der Waals surface area (Å²) in [5.74, 6) is 0.405. The van der Waals surface area contributed by atoms with Crippen LogP contribution in [-0.2, 0) is 19.1 Å². The lowest BCUT2D eigenvalue weighted by molar-refractivity contribution is -0.158. The summed E-state index contributed by atoms with van der Waals surface area (Å²) < 4.78 is 20.9. The van der Waals surface area contributed by atoms with Crippen molar-refractivity contribution in [3.63, 3.8) is 0 Å². The molecule has 0 aromatic heterocycles. The van der Waals surface area contributed by atoms with Gasteiger partial charge in [-0.05, 0) is 38.1 Å². The van der Waals surface area contributed by atoms with Crippen LogP contribution in [0.25, 0.3) is 0 Å². The van der Waals surface area contributed by atoms with Gasteiger partial charge in [0.15, 0.2) is 13.2 Å². The molecule has 1 aliphatic heterocycles. The maximum absolute atomic E-state index is 12.1. The van der Waals surface area contributed by atoms with Crippen molar-refractivity contribution >= 4 is 11.9 Å². The lowest BCUT2D eigenvalue weighted by Crippen LogP contribution is -2.49. The van der Waals surface area contributed by atoms with Crippen LogP contribution in [0.15, 0.2) is 24.3 Å². The van der Waals surface area contributed by atoms with Crippen LogP contribution < -0.4 is 9.47 Å². The Labute approximate surface area is 141 Å². The number of amides is 1. The van der Waals surface area contributed by atoms with Crippen molar-refractivity contribution in [2.24, 2.45) is 0 Å². The molecule has 7 nitrogen and oxygen atoms in total. The second-order valence-corrected chi connectivity index (χ2v) is 5.68. The number of benzene rings is 1. The molecule has 1 amide bonds. The Morgan fingerprint density at radius 2 is 1.67 bits per heavy atom. The SMILES string of the molecule is COc1ccc(OCC(=O)OCC(=O)N2C[C@@H](C)O[C@@H](C)C2)cc1. The van der Waals surface area contributed by atoms with E-state index >= 15 is 0 Å². The van der Waals surface area contributed by atoms with Gasteiger partial charge in [-0.3, -0.25) is 4.79 Å². The number of carbonyl (C=O) groups is 2. The smallest absolute Gasteiger partial charge is 0.344 e. The quantitative estimate of drug-likeness (QED) is 0.728. The fourth-order valence-electron chi connectivity index (χ4n) is 2.47. The molecule has 2 atom stereocenters. The summed E-state index contributed by atoms with van der Waals surface area (Å²) in [7, 11) is 1.57. The molecule has 0 saturated carbocycles. The van der Waals surface area contributed by atoms with Gasteiger partial charge in [0.05, 0.1) is 19.3 Å². The first-order valence-corrected chi connectivity index (χ1v) is 7.83. The summed E-state index contributed by atoms with van der Waals surface area (Å²) >= 11 is 0. The molecule has 1 heterocycles. The molecule has 1 aromatic carbocycles. The number of esters is 1. The number of carbonyl (C=O) groups excluding carboxylic acids is 2. The van der Waals surface area contributed by atoms with Gasteiger partial charge in [-0.15, -0.1) is 0 Å². The highest BCUT2D eigenvalue weighted by molar-refractivity contribution is 5.81. The van der Waals surface area contributed by atoms with Crippen LogP contribution >= 0.6 is 0 Å². The maximum atomic E-state index is 12.1. The zero-order valence-corrected chi connectivity index (χ0v) is 14.2. The Bertz CT molecular complexity index is 549. The van der Waals surface area contributed by atoms with Gasteiger partial charge in [-0.1, -0.05) is 0 Å². The van der Waals surface area contributed by atoms with Gasteiger partial charge >= 0.3 is 5.97 Å². The van der Waals surface area contributed by atoms with Gasteiger partial charge < -0.3 is 23.8 Å². The summed E-state index contributed by atoms with van der Waals surface area (Å²) in [6.45, 7) is 4.28. The van der Waals surface area contributed by atoms with E-state index < -0.39 is 5.97 Å². The highest BCUT2D eigenvalue weighted by atomic mass is 16.6. The minimum atomic E-state index is -0.589. The molecular formula is C17H23NO6. The average molecular weight is 337 g/mol. The Morgan fingerprint density at radius 1 is 1.08 bits per heavy atom. The van der Waals surface area contributed by atoms with Crippen molar-refractivity contribution in [3.8, 4) is 11.5 Å². The highest BCUT2D eigenvalue weighted by Crippen LogP contribution is 2.17. The van der Waals surface area contributed by atoms with E-state index in [1.54, 1.807) is 36.3 Å². The van der Waals surface area contributed by atoms with Gasteiger partial charge in [-0.2, -0.15) is 0 Å². The van der Waals surface area contributed by atoms with Crippen molar-refractivity contribution in [2.45, 2.75) is 26.1 Å². The summed E-state index contributed by atoms with van der Waals surface area (Å²) in [6, 6.07) is 6.83. The van der Waals surface area contributed by atoms with Gasteiger partial charge in [0, 0.05) is 13.1 Å². The monoisotopic (exact) mass is 337 g/mol. The van der Waals surface area contributed by atoms with Gasteiger partial charge in [0.1, 0.15) is 11.5 Å². The van der Waals surface area contributed by atoms with E-state index in [-0.39, 0.29) is 31.3 Å². The van der Waals surface area contributed by atoms with Crippen LogP contribution in [0.4, 0.5) is 0 Å². The normalized spacial score (nSPS) is 20.4. The number of nitrogens with zero attached hydrogens (tertiary/aromatic N) is 1. The zero-order chi connectivity index (χ0) is 17.5. The van der Waals surface area contributed by atoms with Crippen LogP contribution in [-0.4, -0.2) is 62.4 Å². The summed E-state index contributed by atoms with van der Waals surface area (Å²) in [5.41, 5.74) is 0. The Balaban J connectivity index is 1.71. The number of morpholine rings is 1. The molecule has 0 spiro atoms. The predicted molar refractivity (Wildman–Crippen MR) is 86.0 cm³/mol. The molecule has 0 radical (unpaired) electrons. The zero-order valence-electron chi connectivity index (χ0n) is 14.2. The van der Waals surface area contributed by atoms with E-state index in [0.29, 0.717) is 24.6 Å². The van der Waals surface area contributed by atoms with Crippen molar-refractivity contribution in [1.29, 1.82) is 0 Å². The molecule has 0 aliphatic carbocycles. The Morgan fingerprint density at radius 3 is 2.25 bits per heavy atom. The van der Waals surface area contributed by atoms with Crippen molar-refractivity contribution in [3.05, 3.63) is 24.3 Å². The van der Waals surface area contributed by atoms with Gasteiger partial charge in [0.25, 0.3) is 5.91 Å². The third-order valence-corrected chi connectivity index (χ3v) is 3.55. The molecular weight excluding hydrogens is 314 g/mol. The average Bonchev–Trinajstić information content (AvgIpc) is 2.57. The second-order valence-electron chi connectivity index (χ2n) is 5.68. The molecule has 1 saturated heterocycles. The van der Waals surface area contributed by atoms with Crippen molar-refractivity contribution in [2.75, 3.05) is 33.4 Å². The molecule has 2 rings (SSSR count). The van der Waals surface area contributed by atoms with Gasteiger partial charge in [-0.25, -0.2) is 4.79 Å². The topological polar surface area (TPSA) is 74.3 Å². The largest absolute Gasteiger partial charge is 0.497 e. The van der Waals surface area contributed by atoms with Crippen LogP contribution in [0.3, 0.4) is 0 Å². The molecule has 24 heavy (non-hydrogen) atoms. The number of ether oxygens (including phenoxy) is 4. The Hall–Kier alpha value is -2.28. The van der Waals surface area contributed by atoms with Crippen LogP contribution in [0.5, 0.6) is 11.5 Å². The first-order chi connectivity index (χ1) is 11.5. The molecule has 1 fully saturated rings. The van der Waals surface area contributed by atoms with Crippen LogP contribution in [0.1, 0.15) is 13.8 Å². The fraction of sp³-hybridized carbons (Fsp3) is 0.529. The van der Waals surface area contributed by atoms with E-state index in [4.69, 9.17) is 18.9 Å². The molecule has 7 heteroatoms. The lowest BCUT2D eigenvalue weighted by atomic mass is 10.2. The fourth-order valence-corrected chi connectivity index (χ4v) is 2.47. The van der Waals surface area contributed by atoms with E-state index in [9.17, 15) is 9.59 Å². The summed E-state index contributed by atoms with van der Waals surface area (Å²) in [4.78, 5) is 25.4. The molecule has 1 aliphatic rings. The van der Waals surface area contributed by atoms with E-state index in [1.165, 1.54) is 0 Å². The van der Waals surface area contributed by atoms with Gasteiger partial charge in [0.2, 0.25) is 0 Å². The number of rotatable bonds is 6. The summed E-state index contributed by atoms with van der Waals surface area (Å²) in [6.07, 6.45) is -0.0430. The first-order valence-electron chi connectivity index (χ1n) is 7.83. The predicted octanol–water partition coefficient (Wildman–Crippen LogP) is 1.25. The van der Waals surface area contributed by atoms with Crippen LogP contribution in [0, 0.1) is 0 Å². The summed E-state index contributed by atoms with van der Waals surface area (Å²) in [5, 5.41) is 0. The number of hydrogen-bond acceptors (Lipinski definition) is 6. The minimum Gasteiger partial charge on any atom is -0.497 e. The molecule has 0 N–H and O–H groups in total. The third-order valence-electron chi connectivity index (χ3n) is 3.55. The van der Waals surface area contributed by atoms with E-state index in [0.717, 1.165) is 0 Å². The Kier molecular flexibility index (Phi) is 6.43. The lowest BCUT2D eigenvalue weighted by Gasteiger charge is -2.35. The number of hydrogen-bond donors (Lipinski definition) is 0. The minimum absolute atomic E-state index is 0.0215. The highest BCUT2D eigenvalue weighted by Gasteiger charge is 2.26. The third kappa shape index (κ3) is 5.42. The maximum Gasteiger partial charge on any atom is 0.344 e. The van der Waals surface area contributed by atoms with E-state index in [2.05, 4.69) is 0 Å². The molecule has 1 aromatic rings. The van der Waals surface area contributed by atoms with E-state index in [1.807, 2.05) is 13.8 Å².